The molecule has 0 spiro atoms. The Kier molecular flexibility index (Phi) is 6.87. The van der Waals surface area contributed by atoms with Gasteiger partial charge in [-0.25, -0.2) is 4.79 Å². The Hall–Kier alpha value is -2.28. The molecule has 1 N–H and O–H groups in total. The van der Waals surface area contributed by atoms with Crippen molar-refractivity contribution in [3.8, 4) is 0 Å². The molecular formula is C17H20N2O4S. The number of benzene rings is 1. The molecule has 0 saturated heterocycles. The number of amides is 1. The number of ether oxygens (including phenoxy) is 1. The van der Waals surface area contributed by atoms with Gasteiger partial charge >= 0.3 is 5.97 Å². The van der Waals surface area contributed by atoms with Crippen LogP contribution in [-0.4, -0.2) is 35.1 Å². The second-order valence-corrected chi connectivity index (χ2v) is 6.20. The van der Waals surface area contributed by atoms with Crippen LogP contribution in [0.15, 0.2) is 40.9 Å². The fourth-order valence-electron chi connectivity index (χ4n) is 2.04. The largest absolute Gasteiger partial charge is 0.456 e. The van der Waals surface area contributed by atoms with Gasteiger partial charge < -0.3 is 14.6 Å². The van der Waals surface area contributed by atoms with Crippen LogP contribution < -0.4 is 5.32 Å². The average molecular weight is 348 g/mol. The van der Waals surface area contributed by atoms with Gasteiger partial charge in [0.25, 0.3) is 5.91 Å². The molecule has 7 heteroatoms. The van der Waals surface area contributed by atoms with E-state index in [1.165, 1.54) is 0 Å². The first-order valence-electron chi connectivity index (χ1n) is 7.54. The molecule has 1 aromatic heterocycles. The van der Waals surface area contributed by atoms with Crippen molar-refractivity contribution in [2.75, 3.05) is 12.0 Å². The van der Waals surface area contributed by atoms with Crippen LogP contribution in [0.1, 0.15) is 28.2 Å². The fraction of sp³-hybridized carbons (Fsp3) is 0.353. The number of thioether (sulfide) groups is 1. The molecule has 0 bridgehead atoms. The Bertz CT molecular complexity index is 672. The lowest BCUT2D eigenvalue weighted by Crippen LogP contribution is -2.42. The molecule has 24 heavy (non-hydrogen) atoms. The maximum absolute atomic E-state index is 12.3. The predicted molar refractivity (Wildman–Crippen MR) is 91.7 cm³/mol. The van der Waals surface area contributed by atoms with Gasteiger partial charge in [0.2, 0.25) is 0 Å². The topological polar surface area (TPSA) is 81.4 Å². The van der Waals surface area contributed by atoms with Gasteiger partial charge in [-0.2, -0.15) is 11.8 Å². The summed E-state index contributed by atoms with van der Waals surface area (Å²) in [7, 11) is 0. The highest BCUT2D eigenvalue weighted by atomic mass is 32.2. The lowest BCUT2D eigenvalue weighted by Gasteiger charge is -2.17. The Morgan fingerprint density at radius 2 is 2.08 bits per heavy atom. The molecule has 0 saturated carbocycles. The van der Waals surface area contributed by atoms with Gasteiger partial charge in [0.05, 0.1) is 5.69 Å². The SMILES string of the molecule is CSCCC(NC(=O)c1ccccc1)C(=O)OCc1cc(C)no1. The van der Waals surface area contributed by atoms with Crippen LogP contribution >= 0.6 is 11.8 Å². The Morgan fingerprint density at radius 1 is 1.33 bits per heavy atom. The van der Waals surface area contributed by atoms with Crippen molar-refractivity contribution in [1.82, 2.24) is 10.5 Å². The highest BCUT2D eigenvalue weighted by Gasteiger charge is 2.23. The van der Waals surface area contributed by atoms with E-state index in [2.05, 4.69) is 10.5 Å². The van der Waals surface area contributed by atoms with E-state index in [1.807, 2.05) is 12.3 Å². The normalized spacial score (nSPS) is 11.8. The summed E-state index contributed by atoms with van der Waals surface area (Å²) in [5, 5.41) is 6.47. The van der Waals surface area contributed by atoms with Crippen molar-refractivity contribution in [1.29, 1.82) is 0 Å². The number of hydrogen-bond acceptors (Lipinski definition) is 6. The molecule has 2 rings (SSSR count). The zero-order chi connectivity index (χ0) is 17.4. The van der Waals surface area contributed by atoms with Crippen LogP contribution in [-0.2, 0) is 16.1 Å². The summed E-state index contributed by atoms with van der Waals surface area (Å²) in [6.45, 7) is 1.78. The van der Waals surface area contributed by atoms with Crippen LogP contribution in [0.4, 0.5) is 0 Å². The molecule has 0 aliphatic carbocycles. The Morgan fingerprint density at radius 3 is 2.71 bits per heavy atom. The Balaban J connectivity index is 1.95. The van der Waals surface area contributed by atoms with E-state index >= 15 is 0 Å². The fourth-order valence-corrected chi connectivity index (χ4v) is 2.51. The van der Waals surface area contributed by atoms with Gasteiger partial charge in [0, 0.05) is 11.6 Å². The molecule has 1 atom stereocenters. The molecule has 0 aliphatic heterocycles. The van der Waals surface area contributed by atoms with Crippen molar-refractivity contribution in [3.63, 3.8) is 0 Å². The predicted octanol–water partition coefficient (Wildman–Crippen LogP) is 2.58. The van der Waals surface area contributed by atoms with Crippen molar-refractivity contribution in [3.05, 3.63) is 53.4 Å². The summed E-state index contributed by atoms with van der Waals surface area (Å²) in [6.07, 6.45) is 2.44. The van der Waals surface area contributed by atoms with E-state index in [0.717, 1.165) is 11.4 Å². The number of rotatable bonds is 8. The molecule has 1 unspecified atom stereocenters. The van der Waals surface area contributed by atoms with Crippen molar-refractivity contribution < 1.29 is 18.8 Å². The third-order valence-electron chi connectivity index (χ3n) is 3.27. The van der Waals surface area contributed by atoms with Crippen LogP contribution in [0, 0.1) is 6.92 Å². The van der Waals surface area contributed by atoms with Gasteiger partial charge in [-0.3, -0.25) is 4.79 Å². The van der Waals surface area contributed by atoms with Crippen LogP contribution in [0.2, 0.25) is 0 Å². The van der Waals surface area contributed by atoms with E-state index in [-0.39, 0.29) is 12.5 Å². The third kappa shape index (κ3) is 5.42. The number of aromatic nitrogens is 1. The molecule has 1 heterocycles. The Labute approximate surface area is 144 Å². The lowest BCUT2D eigenvalue weighted by atomic mass is 10.1. The molecular weight excluding hydrogens is 328 g/mol. The highest BCUT2D eigenvalue weighted by molar-refractivity contribution is 7.98. The van der Waals surface area contributed by atoms with Gasteiger partial charge in [-0.15, -0.1) is 0 Å². The molecule has 1 aromatic carbocycles. The van der Waals surface area contributed by atoms with Gasteiger partial charge in [0.1, 0.15) is 6.04 Å². The van der Waals surface area contributed by atoms with Gasteiger partial charge in [-0.05, 0) is 37.5 Å². The van der Waals surface area contributed by atoms with Crippen LogP contribution in [0.3, 0.4) is 0 Å². The highest BCUT2D eigenvalue weighted by Crippen LogP contribution is 2.08. The molecule has 1 amide bonds. The standard InChI is InChI=1S/C17H20N2O4S/c1-12-10-14(23-19-12)11-22-17(21)15(8-9-24-2)18-16(20)13-6-4-3-5-7-13/h3-7,10,15H,8-9,11H2,1-2H3,(H,18,20). The van der Waals surface area contributed by atoms with Gasteiger partial charge in [-0.1, -0.05) is 23.4 Å². The zero-order valence-corrected chi connectivity index (χ0v) is 14.5. The molecule has 6 nitrogen and oxygen atoms in total. The number of aryl methyl sites for hydroxylation is 1. The van der Waals surface area contributed by atoms with Crippen molar-refractivity contribution in [2.24, 2.45) is 0 Å². The summed E-state index contributed by atoms with van der Waals surface area (Å²) >= 11 is 1.60. The maximum Gasteiger partial charge on any atom is 0.329 e. The van der Waals surface area contributed by atoms with E-state index < -0.39 is 12.0 Å². The summed E-state index contributed by atoms with van der Waals surface area (Å²) < 4.78 is 10.2. The number of carbonyl (C=O) groups excluding carboxylic acids is 2. The number of carbonyl (C=O) groups is 2. The monoisotopic (exact) mass is 348 g/mol. The van der Waals surface area contributed by atoms with E-state index in [0.29, 0.717) is 17.7 Å². The molecule has 0 fully saturated rings. The summed E-state index contributed by atoms with van der Waals surface area (Å²) in [4.78, 5) is 24.5. The zero-order valence-electron chi connectivity index (χ0n) is 13.7. The molecule has 2 aromatic rings. The third-order valence-corrected chi connectivity index (χ3v) is 3.91. The number of nitrogens with one attached hydrogen (secondary N) is 1. The van der Waals surface area contributed by atoms with E-state index in [9.17, 15) is 9.59 Å². The minimum Gasteiger partial charge on any atom is -0.456 e. The second-order valence-electron chi connectivity index (χ2n) is 5.22. The maximum atomic E-state index is 12.3. The number of nitrogens with zero attached hydrogens (tertiary/aromatic N) is 1. The van der Waals surface area contributed by atoms with E-state index in [1.54, 1.807) is 49.0 Å². The van der Waals surface area contributed by atoms with Crippen LogP contribution in [0.25, 0.3) is 0 Å². The lowest BCUT2D eigenvalue weighted by molar-refractivity contribution is -0.148. The first-order valence-corrected chi connectivity index (χ1v) is 8.93. The van der Waals surface area contributed by atoms with E-state index in [4.69, 9.17) is 9.26 Å². The molecule has 128 valence electrons. The first kappa shape index (κ1) is 18.1. The smallest absolute Gasteiger partial charge is 0.329 e. The van der Waals surface area contributed by atoms with Crippen molar-refractivity contribution in [2.45, 2.75) is 26.0 Å². The minimum atomic E-state index is -0.700. The second kappa shape index (κ2) is 9.12. The summed E-state index contributed by atoms with van der Waals surface area (Å²) in [5.74, 6) is 0.423. The number of hydrogen-bond donors (Lipinski definition) is 1. The molecule has 0 aliphatic rings. The average Bonchev–Trinajstić information content (AvgIpc) is 3.02. The number of esters is 1. The summed E-state index contributed by atoms with van der Waals surface area (Å²) in [6, 6.07) is 9.77. The summed E-state index contributed by atoms with van der Waals surface area (Å²) in [5.41, 5.74) is 1.22. The quantitative estimate of drug-likeness (QED) is 0.739. The minimum absolute atomic E-state index is 0.00332. The first-order chi connectivity index (χ1) is 11.6. The van der Waals surface area contributed by atoms with Gasteiger partial charge in [0.15, 0.2) is 12.4 Å². The van der Waals surface area contributed by atoms with Crippen molar-refractivity contribution >= 4 is 23.6 Å². The molecule has 0 radical (unpaired) electrons. The van der Waals surface area contributed by atoms with Crippen LogP contribution in [0.5, 0.6) is 0 Å².